The van der Waals surface area contributed by atoms with Crippen molar-refractivity contribution in [3.05, 3.63) is 60.2 Å². The number of ether oxygens (including phenoxy) is 1. The van der Waals surface area contributed by atoms with Crippen LogP contribution in [0, 0.1) is 0 Å². The van der Waals surface area contributed by atoms with E-state index in [1.165, 1.54) is 0 Å². The minimum absolute atomic E-state index is 0.312. The number of allylic oxidation sites excluding steroid dienone is 1. The van der Waals surface area contributed by atoms with Crippen LogP contribution in [-0.4, -0.2) is 16.8 Å². The minimum Gasteiger partial charge on any atom is -0.389 e. The number of benzene rings is 1. The van der Waals surface area contributed by atoms with E-state index < -0.39 is 6.10 Å². The lowest BCUT2D eigenvalue weighted by Gasteiger charge is -2.35. The third kappa shape index (κ3) is 3.31. The Hall–Kier alpha value is -1.38. The first-order chi connectivity index (χ1) is 8.61. The van der Waals surface area contributed by atoms with Gasteiger partial charge >= 0.3 is 0 Å². The van der Waals surface area contributed by atoms with Crippen molar-refractivity contribution in [3.63, 3.8) is 0 Å². The molecule has 0 radical (unpaired) electrons. The molecule has 96 valence electrons. The predicted molar refractivity (Wildman–Crippen MR) is 73.2 cm³/mol. The van der Waals surface area contributed by atoms with Crippen molar-refractivity contribution in [1.29, 1.82) is 0 Å². The van der Waals surface area contributed by atoms with E-state index in [2.05, 4.69) is 13.5 Å². The standard InChI is InChI=1S/C16H20O2/c1-3-13-9-15(17)11-16(2,10-13)18-12-14-7-5-4-6-8-14/h3-9,15,17H,1,10-12H2,2H3/t15-,16+/m0/s1. The lowest BCUT2D eigenvalue weighted by Crippen LogP contribution is -2.36. The third-order valence-corrected chi connectivity index (χ3v) is 3.32. The van der Waals surface area contributed by atoms with Crippen LogP contribution in [-0.2, 0) is 11.3 Å². The molecule has 0 heterocycles. The van der Waals surface area contributed by atoms with E-state index in [0.717, 1.165) is 17.6 Å². The Morgan fingerprint density at radius 3 is 2.83 bits per heavy atom. The summed E-state index contributed by atoms with van der Waals surface area (Å²) in [7, 11) is 0. The maximum atomic E-state index is 9.84. The largest absolute Gasteiger partial charge is 0.389 e. The van der Waals surface area contributed by atoms with Crippen LogP contribution in [0.1, 0.15) is 25.3 Å². The van der Waals surface area contributed by atoms with Gasteiger partial charge in [-0.2, -0.15) is 0 Å². The van der Waals surface area contributed by atoms with Gasteiger partial charge in [0, 0.05) is 12.8 Å². The van der Waals surface area contributed by atoms with Gasteiger partial charge in [-0.25, -0.2) is 0 Å². The molecule has 1 aromatic carbocycles. The van der Waals surface area contributed by atoms with Crippen LogP contribution < -0.4 is 0 Å². The fourth-order valence-corrected chi connectivity index (χ4v) is 2.39. The van der Waals surface area contributed by atoms with E-state index in [1.54, 1.807) is 6.08 Å². The van der Waals surface area contributed by atoms with Crippen molar-refractivity contribution >= 4 is 0 Å². The van der Waals surface area contributed by atoms with Gasteiger partial charge in [0.1, 0.15) is 0 Å². The Bertz CT molecular complexity index is 436. The van der Waals surface area contributed by atoms with Crippen LogP contribution in [0.2, 0.25) is 0 Å². The molecule has 1 aliphatic rings. The molecule has 0 aliphatic heterocycles. The van der Waals surface area contributed by atoms with Crippen molar-refractivity contribution < 1.29 is 9.84 Å². The zero-order valence-corrected chi connectivity index (χ0v) is 10.8. The topological polar surface area (TPSA) is 29.5 Å². The number of rotatable bonds is 4. The fraction of sp³-hybridized carbons (Fsp3) is 0.375. The van der Waals surface area contributed by atoms with Crippen molar-refractivity contribution in [2.24, 2.45) is 0 Å². The van der Waals surface area contributed by atoms with Gasteiger partial charge in [0.25, 0.3) is 0 Å². The number of hydrogen-bond acceptors (Lipinski definition) is 2. The third-order valence-electron chi connectivity index (χ3n) is 3.32. The van der Waals surface area contributed by atoms with Crippen molar-refractivity contribution in [1.82, 2.24) is 0 Å². The average Bonchev–Trinajstić information content (AvgIpc) is 2.37. The molecular weight excluding hydrogens is 224 g/mol. The second-order valence-electron chi connectivity index (χ2n) is 5.12. The Kier molecular flexibility index (Phi) is 4.00. The lowest BCUT2D eigenvalue weighted by molar-refractivity contribution is -0.0694. The van der Waals surface area contributed by atoms with Gasteiger partial charge in [0.15, 0.2) is 0 Å². The molecule has 0 spiro atoms. The highest BCUT2D eigenvalue weighted by Crippen LogP contribution is 2.32. The summed E-state index contributed by atoms with van der Waals surface area (Å²) in [5.74, 6) is 0. The molecular formula is C16H20O2. The molecule has 1 aliphatic carbocycles. The first-order valence-corrected chi connectivity index (χ1v) is 6.30. The average molecular weight is 244 g/mol. The summed E-state index contributed by atoms with van der Waals surface area (Å²) in [6.45, 7) is 6.40. The predicted octanol–water partition coefficient (Wildman–Crippen LogP) is 3.23. The summed E-state index contributed by atoms with van der Waals surface area (Å²) in [6, 6.07) is 10.1. The van der Waals surface area contributed by atoms with Crippen LogP contribution >= 0.6 is 0 Å². The molecule has 2 rings (SSSR count). The normalized spacial score (nSPS) is 27.7. The number of aliphatic hydroxyl groups is 1. The number of hydrogen-bond donors (Lipinski definition) is 1. The Labute approximate surface area is 109 Å². The van der Waals surface area contributed by atoms with Crippen LogP contribution in [0.4, 0.5) is 0 Å². The zero-order valence-electron chi connectivity index (χ0n) is 10.8. The molecule has 0 amide bonds. The van der Waals surface area contributed by atoms with Crippen molar-refractivity contribution in [2.45, 2.75) is 38.1 Å². The van der Waals surface area contributed by atoms with Crippen LogP contribution in [0.15, 0.2) is 54.6 Å². The van der Waals surface area contributed by atoms with Gasteiger partial charge in [-0.1, -0.05) is 49.1 Å². The zero-order chi connectivity index (χ0) is 13.0. The highest BCUT2D eigenvalue weighted by atomic mass is 16.5. The molecule has 0 fully saturated rings. The SMILES string of the molecule is C=CC1=C[C@H](O)C[C@](C)(OCc2ccccc2)C1. The summed E-state index contributed by atoms with van der Waals surface area (Å²) in [5.41, 5.74) is 1.90. The van der Waals surface area contributed by atoms with E-state index in [0.29, 0.717) is 13.0 Å². The van der Waals surface area contributed by atoms with Gasteiger partial charge in [-0.05, 0) is 18.1 Å². The van der Waals surface area contributed by atoms with Crippen molar-refractivity contribution in [3.8, 4) is 0 Å². The second kappa shape index (κ2) is 5.51. The van der Waals surface area contributed by atoms with Gasteiger partial charge < -0.3 is 9.84 Å². The molecule has 18 heavy (non-hydrogen) atoms. The maximum absolute atomic E-state index is 9.84. The van der Waals surface area contributed by atoms with Gasteiger partial charge in [-0.15, -0.1) is 0 Å². The molecule has 0 aromatic heterocycles. The summed E-state index contributed by atoms with van der Waals surface area (Å²) >= 11 is 0. The van der Waals surface area contributed by atoms with E-state index >= 15 is 0 Å². The summed E-state index contributed by atoms with van der Waals surface area (Å²) in [5, 5.41) is 9.84. The van der Waals surface area contributed by atoms with Crippen molar-refractivity contribution in [2.75, 3.05) is 0 Å². The van der Waals surface area contributed by atoms with Gasteiger partial charge in [0.2, 0.25) is 0 Å². The lowest BCUT2D eigenvalue weighted by atomic mass is 9.84. The highest BCUT2D eigenvalue weighted by Gasteiger charge is 2.32. The Morgan fingerprint density at radius 1 is 1.44 bits per heavy atom. The van der Waals surface area contributed by atoms with E-state index in [4.69, 9.17) is 4.74 Å². The van der Waals surface area contributed by atoms with E-state index in [1.807, 2.05) is 36.4 Å². The summed E-state index contributed by atoms with van der Waals surface area (Å²) in [6.07, 6.45) is 4.66. The molecule has 2 atom stereocenters. The minimum atomic E-state index is -0.437. The molecule has 1 N–H and O–H groups in total. The Morgan fingerprint density at radius 2 is 2.17 bits per heavy atom. The maximum Gasteiger partial charge on any atom is 0.0754 e. The molecule has 0 saturated carbocycles. The molecule has 2 heteroatoms. The van der Waals surface area contributed by atoms with E-state index in [9.17, 15) is 5.11 Å². The molecule has 0 unspecified atom stereocenters. The second-order valence-corrected chi connectivity index (χ2v) is 5.12. The molecule has 1 aromatic rings. The molecule has 0 saturated heterocycles. The molecule has 0 bridgehead atoms. The molecule has 2 nitrogen and oxygen atoms in total. The highest BCUT2D eigenvalue weighted by molar-refractivity contribution is 5.24. The van der Waals surface area contributed by atoms with Gasteiger partial charge in [-0.3, -0.25) is 0 Å². The van der Waals surface area contributed by atoms with E-state index in [-0.39, 0.29) is 5.60 Å². The first kappa shape index (κ1) is 13.1. The summed E-state index contributed by atoms with van der Waals surface area (Å²) < 4.78 is 6.01. The van der Waals surface area contributed by atoms with Crippen LogP contribution in [0.3, 0.4) is 0 Å². The monoisotopic (exact) mass is 244 g/mol. The first-order valence-electron chi connectivity index (χ1n) is 6.30. The summed E-state index contributed by atoms with van der Waals surface area (Å²) in [4.78, 5) is 0. The number of aliphatic hydroxyl groups excluding tert-OH is 1. The van der Waals surface area contributed by atoms with Gasteiger partial charge in [0.05, 0.1) is 18.3 Å². The Balaban J connectivity index is 2.00. The van der Waals surface area contributed by atoms with Crippen LogP contribution in [0.25, 0.3) is 0 Å². The smallest absolute Gasteiger partial charge is 0.0754 e. The van der Waals surface area contributed by atoms with Crippen LogP contribution in [0.5, 0.6) is 0 Å². The fourth-order valence-electron chi connectivity index (χ4n) is 2.39. The quantitative estimate of drug-likeness (QED) is 0.881.